The number of para-hydroxylation sites is 4. The average Bonchev–Trinajstić information content (AvgIpc) is 0.799. The van der Waals surface area contributed by atoms with Crippen LogP contribution < -0.4 is 39.4 Å². The summed E-state index contributed by atoms with van der Waals surface area (Å²) in [7, 11) is 0. The van der Waals surface area contributed by atoms with Gasteiger partial charge in [0.2, 0.25) is 0 Å². The van der Waals surface area contributed by atoms with E-state index < -0.39 is 23.9 Å². The molecule has 0 atom stereocenters. The molecule has 0 saturated heterocycles. The number of carboxylic acid groups (broad SMARTS) is 4. The van der Waals surface area contributed by atoms with E-state index >= 15 is 0 Å². The minimum Gasteiger partial charge on any atom is -0.545 e. The fourth-order valence-electron chi connectivity index (χ4n) is 12.9. The fourth-order valence-corrected chi connectivity index (χ4v) is 12.9. The van der Waals surface area contributed by atoms with Gasteiger partial charge in [-0.1, -0.05) is 218 Å². The van der Waals surface area contributed by atoms with E-state index in [9.17, 15) is 39.6 Å². The van der Waals surface area contributed by atoms with E-state index in [-0.39, 0.29) is 43.3 Å². The molecule has 0 radical (unpaired) electrons. The molecule has 0 saturated carbocycles. The average molecular weight is 1360 g/mol. The van der Waals surface area contributed by atoms with Crippen LogP contribution in [0.3, 0.4) is 0 Å². The molecule has 97 heavy (non-hydrogen) atoms. The molecule has 0 N–H and O–H groups in total. The molecule has 474 valence electrons. The molecule has 0 unspecified atom stereocenters. The first kappa shape index (κ1) is 65.5. The monoisotopic (exact) mass is 1360 g/mol. The van der Waals surface area contributed by atoms with E-state index in [0.29, 0.717) is 96.6 Å². The maximum absolute atomic E-state index is 11.8. The number of hydrogen-bond acceptors (Lipinski definition) is 12. The number of rotatable bonds is 12. The van der Waals surface area contributed by atoms with Gasteiger partial charge in [0.05, 0.1) is 23.9 Å². The van der Waals surface area contributed by atoms with Crippen molar-refractivity contribution in [2.75, 3.05) is 0 Å². The molecule has 0 aromatic heterocycles. The molecule has 0 amide bonds. The molecular formula is C84H60MoO12. The SMILES string of the molecule is O=C([O-])c1c(Cc2ccccc2)ccc2c1Cc1ccccc1O2.O=C([O-])c1c(Cc2ccccc2)ccc2c1Cc1ccccc1O2.O=C([O-])c1c(Cc2ccccc2)ccc2c1Cc1ccccc1O2.O=C([O-])c1c(Cc2ccccc2)ccc2c1Cc1ccccc1O2.[Mo+4]. The molecule has 0 aliphatic carbocycles. The minimum absolute atomic E-state index is 0. The Balaban J connectivity index is 0.000000123. The summed E-state index contributed by atoms with van der Waals surface area (Å²) in [5.74, 6) is 0.928. The molecule has 16 rings (SSSR count). The molecular weight excluding hydrogens is 1300 g/mol. The van der Waals surface area contributed by atoms with Gasteiger partial charge in [0, 0.05) is 70.2 Å². The Hall–Kier alpha value is -11.6. The Labute approximate surface area is 575 Å². The Morgan fingerprint density at radius 3 is 0.619 bits per heavy atom. The van der Waals surface area contributed by atoms with Crippen LogP contribution in [-0.2, 0) is 72.4 Å². The maximum Gasteiger partial charge on any atom is 4.00 e. The van der Waals surface area contributed by atoms with Gasteiger partial charge in [0.25, 0.3) is 0 Å². The number of aromatic carboxylic acids is 4. The molecule has 4 aliphatic heterocycles. The summed E-state index contributed by atoms with van der Waals surface area (Å²) in [5, 5.41) is 47.3. The van der Waals surface area contributed by atoms with Gasteiger partial charge in [-0.2, -0.15) is 0 Å². The zero-order chi connectivity index (χ0) is 66.1. The van der Waals surface area contributed by atoms with Crippen LogP contribution >= 0.6 is 0 Å². The second-order valence-corrected chi connectivity index (χ2v) is 23.7. The Kier molecular flexibility index (Phi) is 20.1. The van der Waals surface area contributed by atoms with E-state index in [2.05, 4.69) is 0 Å². The number of fused-ring (bicyclic) bond motifs is 8. The predicted molar refractivity (Wildman–Crippen MR) is 357 cm³/mol. The zero-order valence-electron chi connectivity index (χ0n) is 52.4. The van der Waals surface area contributed by atoms with Gasteiger partial charge >= 0.3 is 21.1 Å². The van der Waals surface area contributed by atoms with E-state index in [1.807, 2.05) is 267 Å². The van der Waals surface area contributed by atoms with Crippen molar-refractivity contribution in [2.24, 2.45) is 0 Å². The first-order chi connectivity index (χ1) is 46.9. The molecule has 12 aromatic carbocycles. The van der Waals surface area contributed by atoms with Crippen LogP contribution in [0.15, 0.2) is 267 Å². The maximum atomic E-state index is 11.8. The normalized spacial score (nSPS) is 11.9. The quantitative estimate of drug-likeness (QED) is 0.105. The van der Waals surface area contributed by atoms with Crippen molar-refractivity contribution >= 4 is 23.9 Å². The summed E-state index contributed by atoms with van der Waals surface area (Å²) in [6, 6.07) is 84.8. The van der Waals surface area contributed by atoms with Crippen molar-refractivity contribution in [3.63, 3.8) is 0 Å². The minimum atomic E-state index is -1.15. The van der Waals surface area contributed by atoms with Gasteiger partial charge in [-0.25, -0.2) is 0 Å². The van der Waals surface area contributed by atoms with Gasteiger partial charge in [-0.05, 0) is 141 Å². The summed E-state index contributed by atoms with van der Waals surface area (Å²) in [6.45, 7) is 0. The van der Waals surface area contributed by atoms with Crippen LogP contribution in [0, 0.1) is 0 Å². The van der Waals surface area contributed by atoms with Crippen LogP contribution in [0.5, 0.6) is 46.0 Å². The largest absolute Gasteiger partial charge is 4.00 e. The van der Waals surface area contributed by atoms with E-state index in [1.165, 1.54) is 0 Å². The van der Waals surface area contributed by atoms with Gasteiger partial charge in [0.1, 0.15) is 46.0 Å². The van der Waals surface area contributed by atoms with Crippen LogP contribution in [0.4, 0.5) is 0 Å². The van der Waals surface area contributed by atoms with Crippen LogP contribution in [0.1, 0.15) is 130 Å². The van der Waals surface area contributed by atoms with Crippen LogP contribution in [0.2, 0.25) is 0 Å². The Bertz CT molecular complexity index is 4280. The van der Waals surface area contributed by atoms with Gasteiger partial charge < -0.3 is 58.6 Å². The number of hydrogen-bond donors (Lipinski definition) is 0. The molecule has 0 spiro atoms. The standard InChI is InChI=1S/4C21H16O3.Mo/c4*22-21(23)20-16(12-14-6-2-1-3-7-14)10-11-19-17(20)13-15-8-4-5-9-18(15)24-19;/h4*1-11H,12-13H2,(H,22,23);/q;;;;+4/p-4. The summed E-state index contributed by atoms with van der Waals surface area (Å²) < 4.78 is 23.5. The van der Waals surface area contributed by atoms with Crippen molar-refractivity contribution in [3.8, 4) is 46.0 Å². The predicted octanol–water partition coefficient (Wildman–Crippen LogP) is 13.3. The zero-order valence-corrected chi connectivity index (χ0v) is 54.4. The van der Waals surface area contributed by atoms with E-state index in [4.69, 9.17) is 18.9 Å². The second kappa shape index (κ2) is 29.8. The van der Waals surface area contributed by atoms with E-state index in [1.54, 1.807) is 0 Å². The molecule has 0 fully saturated rings. The summed E-state index contributed by atoms with van der Waals surface area (Å²) in [5.41, 5.74) is 15.0. The third kappa shape index (κ3) is 14.9. The number of carbonyl (C=O) groups is 4. The molecule has 12 aromatic rings. The number of carboxylic acids is 4. The van der Waals surface area contributed by atoms with Crippen molar-refractivity contribution in [1.29, 1.82) is 0 Å². The first-order valence-corrected chi connectivity index (χ1v) is 31.5. The number of carbonyl (C=O) groups excluding carboxylic acids is 4. The molecule has 12 nitrogen and oxygen atoms in total. The molecule has 13 heteroatoms. The topological polar surface area (TPSA) is 197 Å². The number of ether oxygens (including phenoxy) is 4. The molecule has 4 heterocycles. The van der Waals surface area contributed by atoms with Crippen molar-refractivity contribution in [1.82, 2.24) is 0 Å². The summed E-state index contributed by atoms with van der Waals surface area (Å²) in [4.78, 5) is 47.3. The van der Waals surface area contributed by atoms with Gasteiger partial charge in [0.15, 0.2) is 0 Å². The molecule has 0 bridgehead atoms. The van der Waals surface area contributed by atoms with Gasteiger partial charge in [-0.15, -0.1) is 0 Å². The smallest absolute Gasteiger partial charge is 0.545 e. The third-order valence-corrected chi connectivity index (χ3v) is 17.4. The molecule has 4 aliphatic rings. The Morgan fingerprint density at radius 2 is 0.423 bits per heavy atom. The number of benzene rings is 12. The van der Waals surface area contributed by atoms with E-state index in [0.717, 1.165) is 89.8 Å². The van der Waals surface area contributed by atoms with Crippen molar-refractivity contribution < 1.29 is 79.6 Å². The van der Waals surface area contributed by atoms with Crippen LogP contribution in [0.25, 0.3) is 0 Å². The van der Waals surface area contributed by atoms with Crippen molar-refractivity contribution in [3.05, 3.63) is 378 Å². The summed E-state index contributed by atoms with van der Waals surface area (Å²) >= 11 is 0. The Morgan fingerprint density at radius 1 is 0.237 bits per heavy atom. The second-order valence-electron chi connectivity index (χ2n) is 23.7. The third-order valence-electron chi connectivity index (χ3n) is 17.4. The van der Waals surface area contributed by atoms with Crippen LogP contribution in [-0.4, -0.2) is 23.9 Å². The fraction of sp³-hybridized carbons (Fsp3) is 0.0952. The summed E-state index contributed by atoms with van der Waals surface area (Å²) in [6.07, 6.45) is 4.38. The first-order valence-electron chi connectivity index (χ1n) is 31.5. The van der Waals surface area contributed by atoms with Gasteiger partial charge in [-0.3, -0.25) is 0 Å². The van der Waals surface area contributed by atoms with Crippen molar-refractivity contribution in [2.45, 2.75) is 51.4 Å².